The quantitative estimate of drug-likeness (QED) is 0.431. The normalized spacial score (nSPS) is 12.1. The first-order valence-corrected chi connectivity index (χ1v) is 10.2. The third kappa shape index (κ3) is 4.12. The smallest absolute Gasteiger partial charge is 0.224 e. The number of aryl methyl sites for hydroxylation is 1. The molecule has 0 saturated heterocycles. The lowest BCUT2D eigenvalue weighted by Gasteiger charge is -2.12. The molecule has 0 spiro atoms. The monoisotopic (exact) mass is 386 g/mol. The van der Waals surface area contributed by atoms with Gasteiger partial charge in [-0.2, -0.15) is 0 Å². The molecule has 1 heterocycles. The number of rotatable bonds is 5. The van der Waals surface area contributed by atoms with Crippen molar-refractivity contribution in [3.63, 3.8) is 0 Å². The molecule has 0 unspecified atom stereocenters. The van der Waals surface area contributed by atoms with Crippen molar-refractivity contribution in [1.29, 1.82) is 0 Å². The summed E-state index contributed by atoms with van der Waals surface area (Å²) in [7, 11) is 0. The molecule has 1 amide bonds. The summed E-state index contributed by atoms with van der Waals surface area (Å²) in [5, 5.41) is 4.00. The Kier molecular flexibility index (Phi) is 5.22. The number of carbonyl (C=O) groups excluding carboxylic acids is 1. The van der Waals surface area contributed by atoms with Crippen molar-refractivity contribution in [2.45, 2.75) is 26.2 Å². The van der Waals surface area contributed by atoms with Gasteiger partial charge in [0.05, 0.1) is 10.2 Å². The summed E-state index contributed by atoms with van der Waals surface area (Å²) in [4.78, 5) is 17.1. The number of carbonyl (C=O) groups is 1. The van der Waals surface area contributed by atoms with Crippen LogP contribution in [0.5, 0.6) is 0 Å². The zero-order chi connectivity index (χ0) is 19.5. The highest BCUT2D eigenvalue weighted by molar-refractivity contribution is 7.21. The predicted octanol–water partition coefficient (Wildman–Crippen LogP) is 6.40. The van der Waals surface area contributed by atoms with Crippen LogP contribution in [-0.2, 0) is 4.79 Å². The Hall–Kier alpha value is -2.98. The van der Waals surface area contributed by atoms with Crippen LogP contribution in [0, 0.1) is 6.92 Å². The van der Waals surface area contributed by atoms with Gasteiger partial charge in [0, 0.05) is 17.7 Å². The molecule has 3 nitrogen and oxygen atoms in total. The van der Waals surface area contributed by atoms with Gasteiger partial charge < -0.3 is 5.32 Å². The van der Waals surface area contributed by atoms with Crippen LogP contribution in [-0.4, -0.2) is 10.9 Å². The minimum absolute atomic E-state index is 0.0274. The standard InChI is InChI=1S/C24H22N2OS/c1-16-8-13-21-22(14-16)28-24(26-21)19-9-11-20(12-10-19)25-23(27)15-17(2)18-6-4-3-5-7-18/h3-14,17H,15H2,1-2H3,(H,25,27)/t17-/m0/s1. The van der Waals surface area contributed by atoms with Gasteiger partial charge in [0.1, 0.15) is 5.01 Å². The first-order valence-electron chi connectivity index (χ1n) is 9.41. The van der Waals surface area contributed by atoms with Crippen LogP contribution in [0.15, 0.2) is 72.8 Å². The minimum Gasteiger partial charge on any atom is -0.326 e. The Labute approximate surface area is 169 Å². The highest BCUT2D eigenvalue weighted by Gasteiger charge is 2.12. The second-order valence-corrected chi connectivity index (χ2v) is 8.16. The van der Waals surface area contributed by atoms with Crippen LogP contribution in [0.2, 0.25) is 0 Å². The first kappa shape index (κ1) is 18.4. The van der Waals surface area contributed by atoms with Gasteiger partial charge in [0.2, 0.25) is 5.91 Å². The molecule has 0 radical (unpaired) electrons. The van der Waals surface area contributed by atoms with E-state index in [2.05, 4.69) is 49.5 Å². The maximum Gasteiger partial charge on any atom is 0.224 e. The molecule has 1 atom stereocenters. The zero-order valence-electron chi connectivity index (χ0n) is 16.0. The van der Waals surface area contributed by atoms with E-state index in [9.17, 15) is 4.79 Å². The molecule has 28 heavy (non-hydrogen) atoms. The van der Waals surface area contributed by atoms with Gasteiger partial charge in [-0.25, -0.2) is 4.98 Å². The van der Waals surface area contributed by atoms with Crippen molar-refractivity contribution in [2.75, 3.05) is 5.32 Å². The van der Waals surface area contributed by atoms with Crippen molar-refractivity contribution in [1.82, 2.24) is 4.98 Å². The summed E-state index contributed by atoms with van der Waals surface area (Å²) in [5.41, 5.74) is 5.32. The fourth-order valence-corrected chi connectivity index (χ4v) is 4.31. The lowest BCUT2D eigenvalue weighted by atomic mass is 9.97. The van der Waals surface area contributed by atoms with Crippen LogP contribution in [0.4, 0.5) is 5.69 Å². The molecule has 4 rings (SSSR count). The molecule has 0 saturated carbocycles. The first-order chi connectivity index (χ1) is 13.6. The van der Waals surface area contributed by atoms with Gasteiger partial charge in [-0.1, -0.05) is 43.3 Å². The average Bonchev–Trinajstić information content (AvgIpc) is 3.12. The minimum atomic E-state index is 0.0274. The van der Waals surface area contributed by atoms with Crippen molar-refractivity contribution < 1.29 is 4.79 Å². The third-order valence-corrected chi connectivity index (χ3v) is 5.89. The van der Waals surface area contributed by atoms with Gasteiger partial charge in [-0.15, -0.1) is 11.3 Å². The second kappa shape index (κ2) is 7.95. The van der Waals surface area contributed by atoms with Crippen molar-refractivity contribution in [2.24, 2.45) is 0 Å². The molecular formula is C24H22N2OS. The number of nitrogens with one attached hydrogen (secondary N) is 1. The number of anilines is 1. The molecule has 1 aromatic heterocycles. The number of fused-ring (bicyclic) bond motifs is 1. The lowest BCUT2D eigenvalue weighted by Crippen LogP contribution is -2.14. The van der Waals surface area contributed by atoms with E-state index in [1.807, 2.05) is 42.5 Å². The Balaban J connectivity index is 1.43. The van der Waals surface area contributed by atoms with Crippen molar-refractivity contribution in [3.8, 4) is 10.6 Å². The molecular weight excluding hydrogens is 364 g/mol. The largest absolute Gasteiger partial charge is 0.326 e. The molecule has 1 N–H and O–H groups in total. The summed E-state index contributed by atoms with van der Waals surface area (Å²) in [6, 6.07) is 24.4. The predicted molar refractivity (Wildman–Crippen MR) is 118 cm³/mol. The second-order valence-electron chi connectivity index (χ2n) is 7.13. The van der Waals surface area contributed by atoms with Crippen molar-refractivity contribution in [3.05, 3.63) is 83.9 Å². The highest BCUT2D eigenvalue weighted by atomic mass is 32.1. The van der Waals surface area contributed by atoms with Crippen LogP contribution < -0.4 is 5.32 Å². The van der Waals surface area contributed by atoms with E-state index in [1.54, 1.807) is 11.3 Å². The molecule has 140 valence electrons. The molecule has 0 aliphatic rings. The maximum absolute atomic E-state index is 12.4. The summed E-state index contributed by atoms with van der Waals surface area (Å²) in [5.74, 6) is 0.214. The third-order valence-electron chi connectivity index (χ3n) is 4.82. The average molecular weight is 387 g/mol. The SMILES string of the molecule is Cc1ccc2nc(-c3ccc(NC(=O)C[C@H](C)c4ccccc4)cc3)sc2c1. The van der Waals surface area contributed by atoms with E-state index in [0.717, 1.165) is 21.8 Å². The number of amides is 1. The van der Waals surface area contributed by atoms with Crippen LogP contribution in [0.3, 0.4) is 0 Å². The highest BCUT2D eigenvalue weighted by Crippen LogP contribution is 2.31. The topological polar surface area (TPSA) is 42.0 Å². The molecule has 4 heteroatoms. The number of aromatic nitrogens is 1. The maximum atomic E-state index is 12.4. The lowest BCUT2D eigenvalue weighted by molar-refractivity contribution is -0.116. The Morgan fingerprint density at radius 3 is 2.54 bits per heavy atom. The van der Waals surface area contributed by atoms with E-state index in [4.69, 9.17) is 4.98 Å². The van der Waals surface area contributed by atoms with E-state index in [1.165, 1.54) is 15.8 Å². The number of nitrogens with zero attached hydrogens (tertiary/aromatic N) is 1. The van der Waals surface area contributed by atoms with E-state index < -0.39 is 0 Å². The van der Waals surface area contributed by atoms with Gasteiger partial charge in [0.15, 0.2) is 0 Å². The van der Waals surface area contributed by atoms with E-state index in [-0.39, 0.29) is 11.8 Å². The Morgan fingerprint density at radius 1 is 1.04 bits per heavy atom. The summed E-state index contributed by atoms with van der Waals surface area (Å²) in [6.45, 7) is 4.17. The van der Waals surface area contributed by atoms with Gasteiger partial charge in [-0.05, 0) is 60.4 Å². The van der Waals surface area contributed by atoms with Crippen molar-refractivity contribution >= 4 is 33.1 Å². The zero-order valence-corrected chi connectivity index (χ0v) is 16.8. The number of thiazole rings is 1. The van der Waals surface area contributed by atoms with E-state index >= 15 is 0 Å². The molecule has 0 bridgehead atoms. The summed E-state index contributed by atoms with van der Waals surface area (Å²) < 4.78 is 1.20. The van der Waals surface area contributed by atoms with Crippen LogP contribution in [0.1, 0.15) is 30.4 Å². The van der Waals surface area contributed by atoms with Gasteiger partial charge >= 0.3 is 0 Å². The van der Waals surface area contributed by atoms with Gasteiger partial charge in [0.25, 0.3) is 0 Å². The van der Waals surface area contributed by atoms with E-state index in [0.29, 0.717) is 6.42 Å². The number of hydrogen-bond acceptors (Lipinski definition) is 3. The summed E-state index contributed by atoms with van der Waals surface area (Å²) >= 11 is 1.69. The molecule has 0 aliphatic carbocycles. The van der Waals surface area contributed by atoms with Crippen LogP contribution in [0.25, 0.3) is 20.8 Å². The molecule has 0 fully saturated rings. The van der Waals surface area contributed by atoms with Gasteiger partial charge in [-0.3, -0.25) is 4.79 Å². The Morgan fingerprint density at radius 2 is 1.79 bits per heavy atom. The fraction of sp³-hybridized carbons (Fsp3) is 0.167. The van der Waals surface area contributed by atoms with Crippen LogP contribution >= 0.6 is 11.3 Å². The molecule has 3 aromatic carbocycles. The number of benzene rings is 3. The fourth-order valence-electron chi connectivity index (χ4n) is 3.24. The molecule has 4 aromatic rings. The summed E-state index contributed by atoms with van der Waals surface area (Å²) in [6.07, 6.45) is 0.461. The molecule has 0 aliphatic heterocycles. The number of hydrogen-bond donors (Lipinski definition) is 1. The Bertz CT molecular complexity index is 1100.